The van der Waals surface area contributed by atoms with Crippen molar-refractivity contribution >= 4 is 27.6 Å². The van der Waals surface area contributed by atoms with E-state index in [1.165, 1.54) is 0 Å². The molecule has 0 saturated heterocycles. The minimum Gasteiger partial charge on any atom is -0.394 e. The number of anilines is 1. The number of hydrogen-bond acceptors (Lipinski definition) is 3. The molecular weight excluding hydrogens is 312 g/mol. The predicted octanol–water partition coefficient (Wildman–Crippen LogP) is 2.28. The van der Waals surface area contributed by atoms with Crippen molar-refractivity contribution < 1.29 is 14.6 Å². The summed E-state index contributed by atoms with van der Waals surface area (Å²) in [6, 6.07) is 5.48. The number of amides is 2. The summed E-state index contributed by atoms with van der Waals surface area (Å²) in [6.07, 6.45) is 0.711. The van der Waals surface area contributed by atoms with Crippen molar-refractivity contribution in [3.8, 4) is 0 Å². The molecule has 0 aliphatic carbocycles. The number of urea groups is 1. The van der Waals surface area contributed by atoms with Crippen molar-refractivity contribution in [2.24, 2.45) is 0 Å². The van der Waals surface area contributed by atoms with E-state index in [2.05, 4.69) is 26.6 Å². The fourth-order valence-electron chi connectivity index (χ4n) is 1.43. The Balaban J connectivity index is 2.23. The van der Waals surface area contributed by atoms with Gasteiger partial charge in [0.25, 0.3) is 0 Å². The van der Waals surface area contributed by atoms with Crippen molar-refractivity contribution in [2.45, 2.75) is 13.3 Å². The Morgan fingerprint density at radius 3 is 2.89 bits per heavy atom. The first-order valence-corrected chi connectivity index (χ1v) is 6.92. The van der Waals surface area contributed by atoms with Gasteiger partial charge in [-0.3, -0.25) is 0 Å². The Morgan fingerprint density at radius 2 is 2.21 bits per heavy atom. The molecule has 0 aliphatic heterocycles. The van der Waals surface area contributed by atoms with Crippen molar-refractivity contribution in [3.05, 3.63) is 28.2 Å². The summed E-state index contributed by atoms with van der Waals surface area (Å²) in [5, 5.41) is 14.0. The summed E-state index contributed by atoms with van der Waals surface area (Å²) in [4.78, 5) is 11.6. The highest BCUT2D eigenvalue weighted by molar-refractivity contribution is 9.10. The minimum atomic E-state index is -0.244. The summed E-state index contributed by atoms with van der Waals surface area (Å²) < 4.78 is 5.94. The van der Waals surface area contributed by atoms with Crippen molar-refractivity contribution in [2.75, 3.05) is 31.7 Å². The Bertz CT molecular complexity index is 413. The number of halogens is 1. The van der Waals surface area contributed by atoms with Gasteiger partial charge in [-0.1, -0.05) is 6.07 Å². The summed E-state index contributed by atoms with van der Waals surface area (Å²) in [7, 11) is 0. The summed E-state index contributed by atoms with van der Waals surface area (Å²) in [5.74, 6) is 0. The van der Waals surface area contributed by atoms with Gasteiger partial charge < -0.3 is 20.5 Å². The molecule has 1 aromatic carbocycles. The molecule has 1 rings (SSSR count). The quantitative estimate of drug-likeness (QED) is 0.672. The van der Waals surface area contributed by atoms with E-state index in [9.17, 15) is 4.79 Å². The zero-order chi connectivity index (χ0) is 14.1. The molecule has 106 valence electrons. The second-order valence-electron chi connectivity index (χ2n) is 4.05. The number of aryl methyl sites for hydroxylation is 1. The molecule has 3 N–H and O–H groups in total. The number of carbonyl (C=O) groups is 1. The number of rotatable bonds is 7. The Morgan fingerprint density at radius 1 is 1.42 bits per heavy atom. The molecule has 0 heterocycles. The molecule has 0 saturated carbocycles. The topological polar surface area (TPSA) is 70.6 Å². The van der Waals surface area contributed by atoms with Crippen LogP contribution in [0.3, 0.4) is 0 Å². The van der Waals surface area contributed by atoms with Crippen LogP contribution in [0.25, 0.3) is 0 Å². The van der Waals surface area contributed by atoms with E-state index < -0.39 is 0 Å². The first kappa shape index (κ1) is 15.9. The zero-order valence-corrected chi connectivity index (χ0v) is 12.5. The molecule has 0 bridgehead atoms. The number of aliphatic hydroxyl groups excluding tert-OH is 1. The van der Waals surface area contributed by atoms with E-state index in [0.29, 0.717) is 26.2 Å². The highest BCUT2D eigenvalue weighted by Gasteiger charge is 2.04. The normalized spacial score (nSPS) is 10.3. The lowest BCUT2D eigenvalue weighted by Crippen LogP contribution is -2.30. The van der Waals surface area contributed by atoms with Crippen LogP contribution < -0.4 is 10.6 Å². The number of benzene rings is 1. The SMILES string of the molecule is Cc1ccc(NC(=O)NCCCOCCO)c(Br)c1. The van der Waals surface area contributed by atoms with E-state index in [-0.39, 0.29) is 12.6 Å². The number of nitrogens with one attached hydrogen (secondary N) is 2. The van der Waals surface area contributed by atoms with E-state index >= 15 is 0 Å². The molecule has 0 aromatic heterocycles. The van der Waals surface area contributed by atoms with Gasteiger partial charge in [-0.2, -0.15) is 0 Å². The highest BCUT2D eigenvalue weighted by atomic mass is 79.9. The van der Waals surface area contributed by atoms with Gasteiger partial charge in [0, 0.05) is 17.6 Å². The first-order chi connectivity index (χ1) is 9.13. The monoisotopic (exact) mass is 330 g/mol. The van der Waals surface area contributed by atoms with Gasteiger partial charge in [-0.15, -0.1) is 0 Å². The Labute approximate surface area is 121 Å². The molecule has 0 radical (unpaired) electrons. The standard InChI is InChI=1S/C13H19BrN2O3/c1-10-3-4-12(11(14)9-10)16-13(18)15-5-2-7-19-8-6-17/h3-4,9,17H,2,5-8H2,1H3,(H2,15,16,18). The minimum absolute atomic E-state index is 0.0232. The van der Waals surface area contributed by atoms with Crippen LogP contribution in [0, 0.1) is 6.92 Å². The smallest absolute Gasteiger partial charge is 0.319 e. The summed E-state index contributed by atoms with van der Waals surface area (Å²) in [6.45, 7) is 3.40. The van der Waals surface area contributed by atoms with E-state index in [0.717, 1.165) is 15.7 Å². The fraction of sp³-hybridized carbons (Fsp3) is 0.462. The fourth-order valence-corrected chi connectivity index (χ4v) is 2.02. The number of ether oxygens (including phenoxy) is 1. The molecule has 1 aromatic rings. The van der Waals surface area contributed by atoms with Gasteiger partial charge in [-0.25, -0.2) is 4.79 Å². The van der Waals surface area contributed by atoms with Crippen LogP contribution in [0.2, 0.25) is 0 Å². The zero-order valence-electron chi connectivity index (χ0n) is 10.9. The lowest BCUT2D eigenvalue weighted by atomic mass is 10.2. The largest absolute Gasteiger partial charge is 0.394 e. The predicted molar refractivity (Wildman–Crippen MR) is 78.4 cm³/mol. The van der Waals surface area contributed by atoms with E-state index in [4.69, 9.17) is 9.84 Å². The molecule has 5 nitrogen and oxygen atoms in total. The molecule has 0 spiro atoms. The molecule has 0 unspecified atom stereocenters. The third-order valence-electron chi connectivity index (χ3n) is 2.36. The second kappa shape index (κ2) is 8.90. The summed E-state index contributed by atoms with van der Waals surface area (Å²) >= 11 is 3.40. The molecule has 19 heavy (non-hydrogen) atoms. The van der Waals surface area contributed by atoms with Crippen LogP contribution in [-0.4, -0.2) is 37.5 Å². The maximum absolute atomic E-state index is 11.6. The maximum atomic E-state index is 11.6. The van der Waals surface area contributed by atoms with Crippen molar-refractivity contribution in [3.63, 3.8) is 0 Å². The van der Waals surface area contributed by atoms with E-state index in [1.54, 1.807) is 0 Å². The highest BCUT2D eigenvalue weighted by Crippen LogP contribution is 2.23. The second-order valence-corrected chi connectivity index (χ2v) is 4.91. The molecule has 2 amide bonds. The summed E-state index contributed by atoms with van der Waals surface area (Å²) in [5.41, 5.74) is 1.86. The van der Waals surface area contributed by atoms with Crippen LogP contribution in [0.5, 0.6) is 0 Å². The van der Waals surface area contributed by atoms with Crippen molar-refractivity contribution in [1.29, 1.82) is 0 Å². The third kappa shape index (κ3) is 6.56. The van der Waals surface area contributed by atoms with Gasteiger partial charge >= 0.3 is 6.03 Å². The number of hydrogen-bond donors (Lipinski definition) is 3. The van der Waals surface area contributed by atoms with Crippen LogP contribution in [0.4, 0.5) is 10.5 Å². The maximum Gasteiger partial charge on any atom is 0.319 e. The molecule has 0 fully saturated rings. The van der Waals surface area contributed by atoms with Gasteiger partial charge in [0.2, 0.25) is 0 Å². The third-order valence-corrected chi connectivity index (χ3v) is 3.02. The molecule has 0 atom stereocenters. The molecular formula is C13H19BrN2O3. The van der Waals surface area contributed by atoms with E-state index in [1.807, 2.05) is 25.1 Å². The average Bonchev–Trinajstić information content (AvgIpc) is 2.37. The van der Waals surface area contributed by atoms with Gasteiger partial charge in [0.15, 0.2) is 0 Å². The van der Waals surface area contributed by atoms with Gasteiger partial charge in [-0.05, 0) is 47.0 Å². The number of carbonyl (C=O) groups excluding carboxylic acids is 1. The average molecular weight is 331 g/mol. The molecule has 6 heteroatoms. The van der Waals surface area contributed by atoms with Crippen LogP contribution >= 0.6 is 15.9 Å². The van der Waals surface area contributed by atoms with Gasteiger partial charge in [0.05, 0.1) is 18.9 Å². The van der Waals surface area contributed by atoms with Crippen molar-refractivity contribution in [1.82, 2.24) is 5.32 Å². The lowest BCUT2D eigenvalue weighted by molar-refractivity contribution is 0.0910. The Kier molecular flexibility index (Phi) is 7.47. The Hall–Kier alpha value is -1.11. The lowest BCUT2D eigenvalue weighted by Gasteiger charge is -2.09. The van der Waals surface area contributed by atoms with Crippen LogP contribution in [0.1, 0.15) is 12.0 Å². The van der Waals surface area contributed by atoms with Crippen LogP contribution in [0.15, 0.2) is 22.7 Å². The van der Waals surface area contributed by atoms with Gasteiger partial charge in [0.1, 0.15) is 0 Å². The first-order valence-electron chi connectivity index (χ1n) is 6.13. The molecule has 0 aliphatic rings. The van der Waals surface area contributed by atoms with Crippen LogP contribution in [-0.2, 0) is 4.74 Å². The number of aliphatic hydroxyl groups is 1.